The first-order valence-electron chi connectivity index (χ1n) is 4.48. The minimum Gasteiger partial charge on any atom is -0.355 e. The Labute approximate surface area is 80.9 Å². The molecule has 76 valence electrons. The molecule has 1 fully saturated rings. The molecule has 0 aromatic heterocycles. The summed E-state index contributed by atoms with van der Waals surface area (Å²) in [5.41, 5.74) is 0. The van der Waals surface area contributed by atoms with E-state index in [4.69, 9.17) is 0 Å². The Morgan fingerprint density at radius 1 is 1.69 bits per heavy atom. The molecule has 0 aromatic carbocycles. The van der Waals surface area contributed by atoms with Crippen molar-refractivity contribution in [3.8, 4) is 0 Å². The Hall–Kier alpha value is -0.420. The second kappa shape index (κ2) is 5.34. The van der Waals surface area contributed by atoms with Crippen molar-refractivity contribution in [3.63, 3.8) is 0 Å². The molecule has 1 heterocycles. The Balaban J connectivity index is 2.13. The summed E-state index contributed by atoms with van der Waals surface area (Å²) in [5, 5.41) is 5.92. The summed E-state index contributed by atoms with van der Waals surface area (Å²) >= 11 is 0. The molecular weight excluding hydrogens is 188 g/mol. The summed E-state index contributed by atoms with van der Waals surface area (Å²) in [6.45, 7) is 2.23. The van der Waals surface area contributed by atoms with Gasteiger partial charge in [-0.1, -0.05) is 0 Å². The van der Waals surface area contributed by atoms with Gasteiger partial charge >= 0.3 is 0 Å². The Morgan fingerprint density at radius 3 is 3.00 bits per heavy atom. The van der Waals surface area contributed by atoms with Gasteiger partial charge in [0.25, 0.3) is 0 Å². The van der Waals surface area contributed by atoms with Crippen LogP contribution >= 0.6 is 0 Å². The molecule has 0 saturated carbocycles. The molecule has 0 spiro atoms. The second-order valence-corrected chi connectivity index (χ2v) is 4.81. The van der Waals surface area contributed by atoms with Gasteiger partial charge in [-0.3, -0.25) is 9.00 Å². The highest BCUT2D eigenvalue weighted by Gasteiger charge is 2.21. The number of rotatable bonds is 4. The molecule has 0 aliphatic carbocycles. The van der Waals surface area contributed by atoms with Crippen molar-refractivity contribution in [2.45, 2.75) is 6.42 Å². The van der Waals surface area contributed by atoms with Gasteiger partial charge in [0.15, 0.2) is 0 Å². The molecule has 1 aliphatic heterocycles. The predicted molar refractivity (Wildman–Crippen MR) is 52.9 cm³/mol. The number of carbonyl (C=O) groups is 1. The van der Waals surface area contributed by atoms with Crippen LogP contribution in [0.1, 0.15) is 6.42 Å². The topological polar surface area (TPSA) is 58.2 Å². The van der Waals surface area contributed by atoms with Crippen LogP contribution in [0.3, 0.4) is 0 Å². The maximum Gasteiger partial charge on any atom is 0.224 e. The Bertz CT molecular complexity index is 202. The van der Waals surface area contributed by atoms with Gasteiger partial charge in [-0.05, 0) is 13.0 Å². The lowest BCUT2D eigenvalue weighted by atomic mass is 10.1. The van der Waals surface area contributed by atoms with Gasteiger partial charge in [0, 0.05) is 35.9 Å². The van der Waals surface area contributed by atoms with Gasteiger partial charge in [-0.15, -0.1) is 0 Å². The van der Waals surface area contributed by atoms with Crippen LogP contribution in [0.5, 0.6) is 0 Å². The number of hydrogen-bond donors (Lipinski definition) is 2. The van der Waals surface area contributed by atoms with Crippen LogP contribution in [0.4, 0.5) is 0 Å². The molecule has 5 heteroatoms. The standard InChI is InChI=1S/C8H16N2O2S/c1-13(12)5-4-10-8(11)7-2-3-9-6-7/h7,9H,2-6H2,1H3,(H,10,11). The lowest BCUT2D eigenvalue weighted by Gasteiger charge is -2.08. The quantitative estimate of drug-likeness (QED) is 0.623. The average Bonchev–Trinajstić information content (AvgIpc) is 2.55. The van der Waals surface area contributed by atoms with Crippen LogP contribution in [0.25, 0.3) is 0 Å². The van der Waals surface area contributed by atoms with Gasteiger partial charge in [-0.25, -0.2) is 0 Å². The largest absolute Gasteiger partial charge is 0.355 e. The fourth-order valence-electron chi connectivity index (χ4n) is 1.34. The highest BCUT2D eigenvalue weighted by atomic mass is 32.2. The first-order chi connectivity index (χ1) is 6.20. The minimum atomic E-state index is -0.814. The molecule has 1 rings (SSSR count). The fraction of sp³-hybridized carbons (Fsp3) is 0.875. The van der Waals surface area contributed by atoms with Gasteiger partial charge in [0.05, 0.1) is 5.92 Å². The maximum atomic E-state index is 11.4. The highest BCUT2D eigenvalue weighted by Crippen LogP contribution is 2.06. The summed E-state index contributed by atoms with van der Waals surface area (Å²) in [7, 11) is -0.814. The van der Waals surface area contributed by atoms with Crippen LogP contribution < -0.4 is 10.6 Å². The van der Waals surface area contributed by atoms with E-state index in [-0.39, 0.29) is 11.8 Å². The molecule has 13 heavy (non-hydrogen) atoms. The van der Waals surface area contributed by atoms with E-state index in [1.54, 1.807) is 6.26 Å². The molecule has 0 aromatic rings. The first-order valence-corrected chi connectivity index (χ1v) is 6.21. The van der Waals surface area contributed by atoms with Crippen LogP contribution in [0, 0.1) is 5.92 Å². The zero-order valence-corrected chi connectivity index (χ0v) is 8.65. The molecule has 2 atom stereocenters. The van der Waals surface area contributed by atoms with Crippen molar-refractivity contribution in [2.75, 3.05) is 31.6 Å². The lowest BCUT2D eigenvalue weighted by Crippen LogP contribution is -2.34. The molecule has 2 N–H and O–H groups in total. The second-order valence-electron chi connectivity index (χ2n) is 3.26. The van der Waals surface area contributed by atoms with E-state index in [0.29, 0.717) is 12.3 Å². The number of nitrogens with one attached hydrogen (secondary N) is 2. The summed E-state index contributed by atoms with van der Waals surface area (Å²) in [5.74, 6) is 0.757. The number of hydrogen-bond acceptors (Lipinski definition) is 3. The predicted octanol–water partition coefficient (Wildman–Crippen LogP) is -0.909. The van der Waals surface area contributed by atoms with Gasteiger partial charge in [0.1, 0.15) is 0 Å². The monoisotopic (exact) mass is 204 g/mol. The van der Waals surface area contributed by atoms with E-state index in [1.807, 2.05) is 0 Å². The third-order valence-electron chi connectivity index (χ3n) is 2.12. The van der Waals surface area contributed by atoms with Crippen molar-refractivity contribution < 1.29 is 9.00 Å². The van der Waals surface area contributed by atoms with Crippen molar-refractivity contribution in [1.29, 1.82) is 0 Å². The SMILES string of the molecule is CS(=O)CCNC(=O)C1CCNC1. The van der Waals surface area contributed by atoms with Gasteiger partial charge in [-0.2, -0.15) is 0 Å². The number of amides is 1. The van der Waals surface area contributed by atoms with E-state index in [2.05, 4.69) is 10.6 Å². The molecule has 4 nitrogen and oxygen atoms in total. The Morgan fingerprint density at radius 2 is 2.46 bits per heavy atom. The van der Waals surface area contributed by atoms with Crippen molar-refractivity contribution in [3.05, 3.63) is 0 Å². The van der Waals surface area contributed by atoms with Crippen LogP contribution in [-0.2, 0) is 15.6 Å². The van der Waals surface area contributed by atoms with Crippen molar-refractivity contribution in [2.24, 2.45) is 5.92 Å². The molecule has 0 radical (unpaired) electrons. The van der Waals surface area contributed by atoms with Crippen molar-refractivity contribution >= 4 is 16.7 Å². The lowest BCUT2D eigenvalue weighted by molar-refractivity contribution is -0.124. The normalized spacial score (nSPS) is 24.2. The fourth-order valence-corrected chi connectivity index (χ4v) is 1.73. The molecule has 0 bridgehead atoms. The Kier molecular flexibility index (Phi) is 4.38. The van der Waals surface area contributed by atoms with Crippen LogP contribution in [0.2, 0.25) is 0 Å². The summed E-state index contributed by atoms with van der Waals surface area (Å²) in [6, 6.07) is 0. The zero-order valence-electron chi connectivity index (χ0n) is 7.84. The summed E-state index contributed by atoms with van der Waals surface area (Å²) < 4.78 is 10.7. The van der Waals surface area contributed by atoms with Crippen LogP contribution in [0.15, 0.2) is 0 Å². The maximum absolute atomic E-state index is 11.4. The summed E-state index contributed by atoms with van der Waals surface area (Å²) in [6.07, 6.45) is 2.56. The number of carbonyl (C=O) groups excluding carboxylic acids is 1. The van der Waals surface area contributed by atoms with Gasteiger partial charge in [0.2, 0.25) is 5.91 Å². The van der Waals surface area contributed by atoms with Crippen molar-refractivity contribution in [1.82, 2.24) is 10.6 Å². The van der Waals surface area contributed by atoms with E-state index in [0.717, 1.165) is 19.5 Å². The molecule has 1 saturated heterocycles. The smallest absolute Gasteiger partial charge is 0.224 e. The van der Waals surface area contributed by atoms with E-state index >= 15 is 0 Å². The van der Waals surface area contributed by atoms with E-state index in [9.17, 15) is 9.00 Å². The van der Waals surface area contributed by atoms with E-state index in [1.165, 1.54) is 0 Å². The molecule has 1 amide bonds. The minimum absolute atomic E-state index is 0.0930. The average molecular weight is 204 g/mol. The third kappa shape index (κ3) is 3.87. The summed E-state index contributed by atoms with van der Waals surface area (Å²) in [4.78, 5) is 11.4. The third-order valence-corrected chi connectivity index (χ3v) is 2.90. The van der Waals surface area contributed by atoms with Gasteiger partial charge < -0.3 is 10.6 Å². The van der Waals surface area contributed by atoms with Crippen LogP contribution in [-0.4, -0.2) is 41.8 Å². The highest BCUT2D eigenvalue weighted by molar-refractivity contribution is 7.84. The molecular formula is C8H16N2O2S. The van der Waals surface area contributed by atoms with E-state index < -0.39 is 10.8 Å². The molecule has 2 unspecified atom stereocenters. The molecule has 1 aliphatic rings. The zero-order chi connectivity index (χ0) is 9.68. The first kappa shape index (κ1) is 10.7.